The van der Waals surface area contributed by atoms with Gasteiger partial charge in [-0.1, -0.05) is 25.5 Å². The van der Waals surface area contributed by atoms with E-state index in [4.69, 9.17) is 4.74 Å². The van der Waals surface area contributed by atoms with E-state index in [1.807, 2.05) is 31.2 Å². The van der Waals surface area contributed by atoms with Crippen molar-refractivity contribution in [2.75, 3.05) is 5.32 Å². The van der Waals surface area contributed by atoms with Gasteiger partial charge in [-0.05, 0) is 49.8 Å². The third-order valence-electron chi connectivity index (χ3n) is 3.56. The number of ether oxygens (including phenoxy) is 1. The number of hydrogen-bond acceptors (Lipinski definition) is 2. The zero-order chi connectivity index (χ0) is 13.0. The van der Waals surface area contributed by atoms with Gasteiger partial charge in [0, 0.05) is 5.69 Å². The van der Waals surface area contributed by atoms with Crippen molar-refractivity contribution in [1.29, 1.82) is 0 Å². The first kappa shape index (κ1) is 12.9. The zero-order valence-corrected chi connectivity index (χ0v) is 11.1. The number of amides is 1. The Morgan fingerprint density at radius 3 is 2.83 bits per heavy atom. The van der Waals surface area contributed by atoms with Crippen molar-refractivity contribution in [2.24, 2.45) is 5.92 Å². The van der Waals surface area contributed by atoms with Crippen molar-refractivity contribution in [3.63, 3.8) is 0 Å². The van der Waals surface area contributed by atoms with Gasteiger partial charge in [-0.3, -0.25) is 5.32 Å². The smallest absolute Gasteiger partial charge is 0.411 e. The fourth-order valence-electron chi connectivity index (χ4n) is 2.46. The molecule has 1 aromatic rings. The highest BCUT2D eigenvalue weighted by molar-refractivity contribution is 5.84. The molecule has 0 radical (unpaired) electrons. The Morgan fingerprint density at radius 2 is 2.11 bits per heavy atom. The molecule has 1 saturated carbocycles. The SMILES string of the molecule is Cc1cccc(NC(=O)O[C@@H]2CCCC[C@H]2C)c1. The summed E-state index contributed by atoms with van der Waals surface area (Å²) in [5.74, 6) is 0.474. The Bertz CT molecular complexity index is 417. The lowest BCUT2D eigenvalue weighted by Gasteiger charge is -2.28. The summed E-state index contributed by atoms with van der Waals surface area (Å²) in [4.78, 5) is 11.8. The van der Waals surface area contributed by atoms with Gasteiger partial charge < -0.3 is 4.74 Å². The van der Waals surface area contributed by atoms with Crippen molar-refractivity contribution >= 4 is 11.8 Å². The minimum absolute atomic E-state index is 0.0727. The van der Waals surface area contributed by atoms with Gasteiger partial charge >= 0.3 is 6.09 Å². The second kappa shape index (κ2) is 5.89. The molecule has 0 unspecified atom stereocenters. The summed E-state index contributed by atoms with van der Waals surface area (Å²) in [5.41, 5.74) is 1.92. The van der Waals surface area contributed by atoms with Crippen LogP contribution < -0.4 is 5.32 Å². The Labute approximate surface area is 109 Å². The summed E-state index contributed by atoms with van der Waals surface area (Å²) in [5, 5.41) is 2.79. The Balaban J connectivity index is 1.88. The van der Waals surface area contributed by atoms with E-state index in [9.17, 15) is 4.79 Å². The average Bonchev–Trinajstić information content (AvgIpc) is 2.32. The fraction of sp³-hybridized carbons (Fsp3) is 0.533. The Morgan fingerprint density at radius 1 is 1.33 bits per heavy atom. The molecule has 1 amide bonds. The van der Waals surface area contributed by atoms with Crippen LogP contribution in [-0.4, -0.2) is 12.2 Å². The van der Waals surface area contributed by atoms with E-state index in [-0.39, 0.29) is 12.2 Å². The molecule has 98 valence electrons. The zero-order valence-electron chi connectivity index (χ0n) is 11.1. The molecular weight excluding hydrogens is 226 g/mol. The molecule has 0 bridgehead atoms. The van der Waals surface area contributed by atoms with Crippen molar-refractivity contribution in [3.8, 4) is 0 Å². The van der Waals surface area contributed by atoms with E-state index in [2.05, 4.69) is 12.2 Å². The number of anilines is 1. The molecule has 2 atom stereocenters. The summed E-state index contributed by atoms with van der Waals surface area (Å²) < 4.78 is 5.50. The van der Waals surface area contributed by atoms with Gasteiger partial charge in [-0.25, -0.2) is 4.79 Å². The minimum atomic E-state index is -0.334. The number of carbonyl (C=O) groups excluding carboxylic acids is 1. The second-order valence-corrected chi connectivity index (χ2v) is 5.20. The van der Waals surface area contributed by atoms with Crippen LogP contribution in [0.3, 0.4) is 0 Å². The predicted octanol–water partition coefficient (Wildman–Crippen LogP) is 4.12. The molecule has 3 heteroatoms. The second-order valence-electron chi connectivity index (χ2n) is 5.20. The first-order chi connectivity index (χ1) is 8.65. The molecule has 1 fully saturated rings. The lowest BCUT2D eigenvalue weighted by atomic mass is 9.88. The number of nitrogens with one attached hydrogen (secondary N) is 1. The van der Waals surface area contributed by atoms with Crippen LogP contribution >= 0.6 is 0 Å². The highest BCUT2D eigenvalue weighted by atomic mass is 16.6. The van der Waals surface area contributed by atoms with E-state index in [1.165, 1.54) is 6.42 Å². The first-order valence-corrected chi connectivity index (χ1v) is 6.69. The summed E-state index contributed by atoms with van der Waals surface area (Å²) in [6, 6.07) is 7.73. The predicted molar refractivity (Wildman–Crippen MR) is 72.7 cm³/mol. The van der Waals surface area contributed by atoms with Gasteiger partial charge in [0.15, 0.2) is 0 Å². The summed E-state index contributed by atoms with van der Waals surface area (Å²) in [7, 11) is 0. The van der Waals surface area contributed by atoms with Gasteiger partial charge in [0.25, 0.3) is 0 Å². The van der Waals surface area contributed by atoms with E-state index in [0.29, 0.717) is 5.92 Å². The van der Waals surface area contributed by atoms with E-state index >= 15 is 0 Å². The molecule has 0 spiro atoms. The summed E-state index contributed by atoms with van der Waals surface area (Å²) >= 11 is 0. The molecule has 1 N–H and O–H groups in total. The third kappa shape index (κ3) is 3.49. The molecule has 1 aromatic carbocycles. The monoisotopic (exact) mass is 247 g/mol. The van der Waals surface area contributed by atoms with Crippen LogP contribution in [0, 0.1) is 12.8 Å². The molecule has 1 aliphatic rings. The quantitative estimate of drug-likeness (QED) is 0.853. The number of aryl methyl sites for hydroxylation is 1. The Kier molecular flexibility index (Phi) is 4.24. The van der Waals surface area contributed by atoms with E-state index < -0.39 is 0 Å². The largest absolute Gasteiger partial charge is 0.446 e. The van der Waals surface area contributed by atoms with Crippen molar-refractivity contribution in [3.05, 3.63) is 29.8 Å². The molecule has 18 heavy (non-hydrogen) atoms. The average molecular weight is 247 g/mol. The first-order valence-electron chi connectivity index (χ1n) is 6.69. The van der Waals surface area contributed by atoms with Crippen molar-refractivity contribution in [1.82, 2.24) is 0 Å². The van der Waals surface area contributed by atoms with Crippen LogP contribution in [0.25, 0.3) is 0 Å². The molecule has 1 aliphatic carbocycles. The van der Waals surface area contributed by atoms with Crippen molar-refractivity contribution in [2.45, 2.75) is 45.6 Å². The maximum Gasteiger partial charge on any atom is 0.411 e. The van der Waals surface area contributed by atoms with Crippen LogP contribution in [0.15, 0.2) is 24.3 Å². The number of benzene rings is 1. The molecular formula is C15H21NO2. The van der Waals surface area contributed by atoms with Crippen LogP contribution in [0.5, 0.6) is 0 Å². The van der Waals surface area contributed by atoms with Crippen LogP contribution in [0.1, 0.15) is 38.2 Å². The highest BCUT2D eigenvalue weighted by Crippen LogP contribution is 2.26. The maximum atomic E-state index is 11.8. The maximum absolute atomic E-state index is 11.8. The van der Waals surface area contributed by atoms with Gasteiger partial charge in [-0.15, -0.1) is 0 Å². The molecule has 0 saturated heterocycles. The minimum Gasteiger partial charge on any atom is -0.446 e. The highest BCUT2D eigenvalue weighted by Gasteiger charge is 2.24. The normalized spacial score (nSPS) is 23.4. The van der Waals surface area contributed by atoms with Crippen molar-refractivity contribution < 1.29 is 9.53 Å². The summed E-state index contributed by atoms with van der Waals surface area (Å²) in [6.07, 6.45) is 4.29. The lowest BCUT2D eigenvalue weighted by molar-refractivity contribution is 0.0524. The summed E-state index contributed by atoms with van der Waals surface area (Å²) in [6.45, 7) is 4.16. The van der Waals surface area contributed by atoms with Gasteiger partial charge in [0.05, 0.1) is 0 Å². The number of rotatable bonds is 2. The van der Waals surface area contributed by atoms with E-state index in [1.54, 1.807) is 0 Å². The van der Waals surface area contributed by atoms with Gasteiger partial charge in [-0.2, -0.15) is 0 Å². The molecule has 0 aliphatic heterocycles. The molecule has 0 aromatic heterocycles. The standard InChI is InChI=1S/C15H21NO2/c1-11-6-5-8-13(10-11)16-15(17)18-14-9-4-3-7-12(14)2/h5-6,8,10,12,14H,3-4,7,9H2,1-2H3,(H,16,17)/t12-,14-/m1/s1. The van der Waals surface area contributed by atoms with Crippen LogP contribution in [-0.2, 0) is 4.74 Å². The van der Waals surface area contributed by atoms with E-state index in [0.717, 1.165) is 30.5 Å². The topological polar surface area (TPSA) is 38.3 Å². The van der Waals surface area contributed by atoms with Crippen LogP contribution in [0.2, 0.25) is 0 Å². The van der Waals surface area contributed by atoms with Gasteiger partial charge in [0.2, 0.25) is 0 Å². The third-order valence-corrected chi connectivity index (χ3v) is 3.56. The number of carbonyl (C=O) groups is 1. The molecule has 3 nitrogen and oxygen atoms in total. The molecule has 0 heterocycles. The van der Waals surface area contributed by atoms with Gasteiger partial charge in [0.1, 0.15) is 6.10 Å². The van der Waals surface area contributed by atoms with Crippen LogP contribution in [0.4, 0.5) is 10.5 Å². The lowest BCUT2D eigenvalue weighted by Crippen LogP contribution is -2.30. The molecule has 2 rings (SSSR count). The fourth-order valence-corrected chi connectivity index (χ4v) is 2.46. The number of hydrogen-bond donors (Lipinski definition) is 1. The Hall–Kier alpha value is -1.51.